The minimum Gasteiger partial charge on any atom is -0.293 e. The fourth-order valence-corrected chi connectivity index (χ4v) is 5.09. The molecule has 0 N–H and O–H groups in total. The van der Waals surface area contributed by atoms with Crippen LogP contribution in [0.3, 0.4) is 0 Å². The van der Waals surface area contributed by atoms with Crippen LogP contribution in [-0.2, 0) is 10.0 Å². The molecule has 0 amide bonds. The third kappa shape index (κ3) is 4.44. The van der Waals surface area contributed by atoms with Crippen molar-refractivity contribution in [3.8, 4) is 0 Å². The third-order valence-electron chi connectivity index (χ3n) is 4.06. The van der Waals surface area contributed by atoms with Gasteiger partial charge >= 0.3 is 0 Å². The highest BCUT2D eigenvalue weighted by molar-refractivity contribution is 8.00. The molecule has 0 radical (unpaired) electrons. The Bertz CT molecular complexity index is 843. The summed E-state index contributed by atoms with van der Waals surface area (Å²) in [6, 6.07) is 13.5. The quantitative estimate of drug-likeness (QED) is 0.545. The van der Waals surface area contributed by atoms with Crippen LogP contribution in [0.15, 0.2) is 58.3 Å². The molecule has 0 atom stereocenters. The predicted octanol–water partition coefficient (Wildman–Crippen LogP) is 4.10. The minimum absolute atomic E-state index is 0.0370. The van der Waals surface area contributed by atoms with Gasteiger partial charge in [0, 0.05) is 28.6 Å². The van der Waals surface area contributed by atoms with Gasteiger partial charge in [-0.1, -0.05) is 23.7 Å². The molecule has 1 aliphatic heterocycles. The summed E-state index contributed by atoms with van der Waals surface area (Å²) in [6.07, 6.45) is 1.80. The SMILES string of the molecule is O=C(CSc1ccc(Cl)cc1)c1ccc(S(=O)(=O)N2CCCC2)cc1. The van der Waals surface area contributed by atoms with Crippen LogP contribution in [-0.4, -0.2) is 37.3 Å². The Labute approximate surface area is 157 Å². The molecule has 0 saturated carbocycles. The average Bonchev–Trinajstić information content (AvgIpc) is 3.16. The largest absolute Gasteiger partial charge is 0.293 e. The topological polar surface area (TPSA) is 54.5 Å². The van der Waals surface area contributed by atoms with Gasteiger partial charge in [-0.05, 0) is 49.2 Å². The maximum Gasteiger partial charge on any atom is 0.243 e. The Morgan fingerprint density at radius 1 is 1.00 bits per heavy atom. The molecular weight excluding hydrogens is 378 g/mol. The smallest absolute Gasteiger partial charge is 0.243 e. The first-order valence-electron chi connectivity index (χ1n) is 7.98. The number of sulfonamides is 1. The normalized spacial score (nSPS) is 15.4. The van der Waals surface area contributed by atoms with Crippen LogP contribution in [0.4, 0.5) is 0 Å². The number of thioether (sulfide) groups is 1. The summed E-state index contributed by atoms with van der Waals surface area (Å²) >= 11 is 7.27. The molecule has 0 aliphatic carbocycles. The maximum atomic E-state index is 12.5. The number of halogens is 1. The van der Waals surface area contributed by atoms with Crippen molar-refractivity contribution in [2.24, 2.45) is 0 Å². The number of nitrogens with zero attached hydrogens (tertiary/aromatic N) is 1. The first kappa shape index (κ1) is 18.5. The molecule has 2 aromatic rings. The van der Waals surface area contributed by atoms with Crippen LogP contribution < -0.4 is 0 Å². The summed E-state index contributed by atoms with van der Waals surface area (Å²) in [5, 5.41) is 0.658. The summed E-state index contributed by atoms with van der Waals surface area (Å²) in [6.45, 7) is 1.14. The summed E-state index contributed by atoms with van der Waals surface area (Å²) in [5.74, 6) is 0.255. The van der Waals surface area contributed by atoms with Gasteiger partial charge in [-0.2, -0.15) is 4.31 Å². The molecule has 1 fully saturated rings. The van der Waals surface area contributed by atoms with Crippen molar-refractivity contribution in [3.63, 3.8) is 0 Å². The number of ketones is 1. The molecule has 0 aromatic heterocycles. The van der Waals surface area contributed by atoms with Crippen molar-refractivity contribution < 1.29 is 13.2 Å². The van der Waals surface area contributed by atoms with Crippen molar-refractivity contribution in [3.05, 3.63) is 59.1 Å². The van der Waals surface area contributed by atoms with Gasteiger partial charge < -0.3 is 0 Å². The molecule has 2 aromatic carbocycles. The molecule has 1 aliphatic rings. The summed E-state index contributed by atoms with van der Waals surface area (Å²) in [7, 11) is -3.44. The Hall–Kier alpha value is -1.34. The van der Waals surface area contributed by atoms with E-state index in [1.807, 2.05) is 12.1 Å². The fourth-order valence-electron chi connectivity index (χ4n) is 2.65. The van der Waals surface area contributed by atoms with Crippen molar-refractivity contribution >= 4 is 39.2 Å². The third-order valence-corrected chi connectivity index (χ3v) is 7.24. The second-order valence-corrected chi connectivity index (χ2v) is 9.22. The van der Waals surface area contributed by atoms with E-state index in [9.17, 15) is 13.2 Å². The van der Waals surface area contributed by atoms with Crippen LogP contribution >= 0.6 is 23.4 Å². The van der Waals surface area contributed by atoms with E-state index in [2.05, 4.69) is 0 Å². The van der Waals surface area contributed by atoms with E-state index >= 15 is 0 Å². The zero-order valence-electron chi connectivity index (χ0n) is 13.5. The molecule has 4 nitrogen and oxygen atoms in total. The van der Waals surface area contributed by atoms with E-state index in [0.29, 0.717) is 29.4 Å². The fraction of sp³-hybridized carbons (Fsp3) is 0.278. The number of benzene rings is 2. The van der Waals surface area contributed by atoms with E-state index in [-0.39, 0.29) is 10.7 Å². The molecule has 132 valence electrons. The van der Waals surface area contributed by atoms with E-state index in [4.69, 9.17) is 11.6 Å². The second kappa shape index (κ2) is 7.91. The Morgan fingerprint density at radius 3 is 2.20 bits per heavy atom. The van der Waals surface area contributed by atoms with E-state index < -0.39 is 10.0 Å². The molecule has 1 heterocycles. The lowest BCUT2D eigenvalue weighted by Crippen LogP contribution is -2.27. The van der Waals surface area contributed by atoms with Crippen LogP contribution in [0, 0.1) is 0 Å². The van der Waals surface area contributed by atoms with Crippen LogP contribution in [0.25, 0.3) is 0 Å². The van der Waals surface area contributed by atoms with Crippen molar-refractivity contribution in [1.29, 1.82) is 0 Å². The molecule has 25 heavy (non-hydrogen) atoms. The number of Topliss-reactive ketones (excluding diaryl/α,β-unsaturated/α-hetero) is 1. The highest BCUT2D eigenvalue weighted by atomic mass is 35.5. The average molecular weight is 396 g/mol. The molecular formula is C18H18ClNO3S2. The standard InChI is InChI=1S/C18H18ClNO3S2/c19-15-5-7-16(8-6-15)24-13-18(21)14-3-9-17(10-4-14)25(22,23)20-11-1-2-12-20/h3-10H,1-2,11-13H2. The predicted molar refractivity (Wildman–Crippen MR) is 101 cm³/mol. The second-order valence-electron chi connectivity index (χ2n) is 5.80. The van der Waals surface area contributed by atoms with Gasteiger partial charge in [0.05, 0.1) is 10.6 Å². The van der Waals surface area contributed by atoms with Crippen molar-refractivity contribution in [2.75, 3.05) is 18.8 Å². The van der Waals surface area contributed by atoms with Crippen LogP contribution in [0.2, 0.25) is 5.02 Å². The summed E-state index contributed by atoms with van der Waals surface area (Å²) < 4.78 is 26.5. The van der Waals surface area contributed by atoms with Crippen molar-refractivity contribution in [1.82, 2.24) is 4.31 Å². The highest BCUT2D eigenvalue weighted by Gasteiger charge is 2.27. The number of hydrogen-bond acceptors (Lipinski definition) is 4. The van der Waals surface area contributed by atoms with Crippen LogP contribution in [0.1, 0.15) is 23.2 Å². The Morgan fingerprint density at radius 2 is 1.60 bits per heavy atom. The number of carbonyl (C=O) groups is 1. The molecule has 0 spiro atoms. The maximum absolute atomic E-state index is 12.5. The molecule has 0 bridgehead atoms. The van der Waals surface area contributed by atoms with Gasteiger partial charge in [0.2, 0.25) is 10.0 Å². The Balaban J connectivity index is 1.65. The zero-order valence-corrected chi connectivity index (χ0v) is 15.9. The van der Waals surface area contributed by atoms with E-state index in [1.165, 1.54) is 28.2 Å². The highest BCUT2D eigenvalue weighted by Crippen LogP contribution is 2.23. The summed E-state index contributed by atoms with van der Waals surface area (Å²) in [4.78, 5) is 13.5. The van der Waals surface area contributed by atoms with Gasteiger partial charge in [-0.25, -0.2) is 8.42 Å². The van der Waals surface area contributed by atoms with Gasteiger partial charge in [0.25, 0.3) is 0 Å². The lowest BCUT2D eigenvalue weighted by atomic mass is 10.1. The lowest BCUT2D eigenvalue weighted by molar-refractivity contribution is 0.102. The van der Waals surface area contributed by atoms with Gasteiger partial charge in [0.1, 0.15) is 0 Å². The molecule has 3 rings (SSSR count). The first-order valence-corrected chi connectivity index (χ1v) is 10.8. The van der Waals surface area contributed by atoms with Gasteiger partial charge in [0.15, 0.2) is 5.78 Å². The molecule has 7 heteroatoms. The lowest BCUT2D eigenvalue weighted by Gasteiger charge is -2.15. The van der Waals surface area contributed by atoms with Gasteiger partial charge in [-0.3, -0.25) is 4.79 Å². The van der Waals surface area contributed by atoms with Crippen LogP contribution in [0.5, 0.6) is 0 Å². The van der Waals surface area contributed by atoms with Crippen molar-refractivity contribution in [2.45, 2.75) is 22.6 Å². The Kier molecular flexibility index (Phi) is 5.84. The monoisotopic (exact) mass is 395 g/mol. The minimum atomic E-state index is -3.44. The number of rotatable bonds is 6. The van der Waals surface area contributed by atoms with E-state index in [0.717, 1.165) is 17.7 Å². The zero-order chi connectivity index (χ0) is 17.9. The number of hydrogen-bond donors (Lipinski definition) is 0. The molecule has 0 unspecified atom stereocenters. The number of carbonyl (C=O) groups excluding carboxylic acids is 1. The van der Waals surface area contributed by atoms with E-state index in [1.54, 1.807) is 24.3 Å². The molecule has 1 saturated heterocycles. The van der Waals surface area contributed by atoms with Gasteiger partial charge in [-0.15, -0.1) is 11.8 Å². The summed E-state index contributed by atoms with van der Waals surface area (Å²) in [5.41, 5.74) is 0.516. The first-order chi connectivity index (χ1) is 12.0.